The Morgan fingerprint density at radius 3 is 2.63 bits per heavy atom. The number of piperidine rings is 1. The summed E-state index contributed by atoms with van der Waals surface area (Å²) in [5.41, 5.74) is -0.130. The van der Waals surface area contributed by atoms with Crippen LogP contribution >= 0.6 is 12.4 Å². The summed E-state index contributed by atoms with van der Waals surface area (Å²) >= 11 is 0. The Morgan fingerprint density at radius 2 is 2.00 bits per heavy atom. The van der Waals surface area contributed by atoms with Gasteiger partial charge in [-0.2, -0.15) is 5.10 Å². The molecule has 3 rings (SSSR count). The molecule has 10 heteroatoms. The molecule has 2 aliphatic rings. The summed E-state index contributed by atoms with van der Waals surface area (Å²) in [6.45, 7) is 2.86. The van der Waals surface area contributed by atoms with Gasteiger partial charge in [-0.25, -0.2) is 9.48 Å². The molecule has 0 aromatic carbocycles. The summed E-state index contributed by atoms with van der Waals surface area (Å²) < 4.78 is 6.17. The number of ether oxygens (including phenoxy) is 1. The average Bonchev–Trinajstić information content (AvgIpc) is 2.65. The zero-order valence-electron chi connectivity index (χ0n) is 15.6. The SMILES string of the molecule is COC(=O)[C@H]1CNCC(=O)N1CC1CCN(c2ccc(=O)n(C)n2)CC1.Cl. The van der Waals surface area contributed by atoms with Crippen molar-refractivity contribution in [3.05, 3.63) is 22.5 Å². The predicted molar refractivity (Wildman–Crippen MR) is 102 cm³/mol. The fourth-order valence-corrected chi connectivity index (χ4v) is 3.56. The van der Waals surface area contributed by atoms with Crippen LogP contribution in [0.1, 0.15) is 12.8 Å². The van der Waals surface area contributed by atoms with Gasteiger partial charge in [0.15, 0.2) is 0 Å². The highest BCUT2D eigenvalue weighted by Crippen LogP contribution is 2.23. The number of carbonyl (C=O) groups excluding carboxylic acids is 2. The first-order chi connectivity index (χ1) is 12.5. The van der Waals surface area contributed by atoms with Crippen LogP contribution < -0.4 is 15.8 Å². The number of aromatic nitrogens is 2. The molecule has 0 bridgehead atoms. The van der Waals surface area contributed by atoms with Crippen LogP contribution in [0.4, 0.5) is 5.82 Å². The summed E-state index contributed by atoms with van der Waals surface area (Å²) in [7, 11) is 2.99. The molecule has 27 heavy (non-hydrogen) atoms. The van der Waals surface area contributed by atoms with E-state index in [2.05, 4.69) is 15.3 Å². The molecule has 1 aromatic rings. The number of nitrogens with one attached hydrogen (secondary N) is 1. The van der Waals surface area contributed by atoms with E-state index in [0.29, 0.717) is 19.0 Å². The van der Waals surface area contributed by atoms with Crippen LogP contribution in [0.3, 0.4) is 0 Å². The van der Waals surface area contributed by atoms with E-state index >= 15 is 0 Å². The number of amides is 1. The molecule has 0 aliphatic carbocycles. The van der Waals surface area contributed by atoms with Crippen LogP contribution in [0.5, 0.6) is 0 Å². The van der Waals surface area contributed by atoms with Crippen molar-refractivity contribution in [2.24, 2.45) is 13.0 Å². The number of methoxy groups -OCH3 is 1. The summed E-state index contributed by atoms with van der Waals surface area (Å²) in [4.78, 5) is 39.5. The number of esters is 1. The lowest BCUT2D eigenvalue weighted by atomic mass is 9.95. The summed E-state index contributed by atoms with van der Waals surface area (Å²) in [6, 6.07) is 2.72. The maximum atomic E-state index is 12.3. The van der Waals surface area contributed by atoms with Gasteiger partial charge in [-0.05, 0) is 24.8 Å². The van der Waals surface area contributed by atoms with E-state index < -0.39 is 6.04 Å². The van der Waals surface area contributed by atoms with Crippen molar-refractivity contribution in [3.63, 3.8) is 0 Å². The van der Waals surface area contributed by atoms with E-state index in [1.165, 1.54) is 17.9 Å². The van der Waals surface area contributed by atoms with Crippen molar-refractivity contribution in [2.45, 2.75) is 18.9 Å². The van der Waals surface area contributed by atoms with Gasteiger partial charge in [0.25, 0.3) is 5.56 Å². The molecule has 2 aliphatic heterocycles. The Morgan fingerprint density at radius 1 is 1.30 bits per heavy atom. The maximum absolute atomic E-state index is 12.3. The quantitative estimate of drug-likeness (QED) is 0.675. The number of nitrogens with zero attached hydrogens (tertiary/aromatic N) is 4. The van der Waals surface area contributed by atoms with Gasteiger partial charge >= 0.3 is 5.97 Å². The van der Waals surface area contributed by atoms with Gasteiger partial charge < -0.3 is 19.9 Å². The number of hydrogen-bond acceptors (Lipinski definition) is 7. The number of halogens is 1. The first-order valence-electron chi connectivity index (χ1n) is 8.87. The van der Waals surface area contributed by atoms with Crippen molar-refractivity contribution in [1.29, 1.82) is 0 Å². The minimum atomic E-state index is -0.551. The number of anilines is 1. The number of carbonyl (C=O) groups is 2. The summed E-state index contributed by atoms with van der Waals surface area (Å²) in [6.07, 6.45) is 1.80. The summed E-state index contributed by atoms with van der Waals surface area (Å²) in [5, 5.41) is 7.26. The molecule has 1 aromatic heterocycles. The zero-order valence-corrected chi connectivity index (χ0v) is 16.4. The zero-order chi connectivity index (χ0) is 18.7. The molecule has 0 spiro atoms. The van der Waals surface area contributed by atoms with Gasteiger partial charge in [0.1, 0.15) is 11.9 Å². The van der Waals surface area contributed by atoms with Crippen LogP contribution in [0.25, 0.3) is 0 Å². The topological polar surface area (TPSA) is 96.8 Å². The van der Waals surface area contributed by atoms with E-state index in [9.17, 15) is 14.4 Å². The molecule has 0 saturated carbocycles. The van der Waals surface area contributed by atoms with Crippen molar-refractivity contribution < 1.29 is 14.3 Å². The molecule has 1 atom stereocenters. The Labute approximate surface area is 164 Å². The standard InChI is InChI=1S/C17H25N5O4.ClH/c1-20-15(23)4-3-14(19-20)21-7-5-12(6-8-21)11-22-13(17(25)26-2)9-18-10-16(22)24;/h3-4,12-13,18H,5-11H2,1-2H3;1H/t13-;/m1./s1. The molecule has 9 nitrogen and oxygen atoms in total. The fourth-order valence-electron chi connectivity index (χ4n) is 3.56. The second-order valence-electron chi connectivity index (χ2n) is 6.80. The number of hydrogen-bond donors (Lipinski definition) is 1. The number of aryl methyl sites for hydroxylation is 1. The lowest BCUT2D eigenvalue weighted by Crippen LogP contribution is -2.59. The van der Waals surface area contributed by atoms with E-state index in [0.717, 1.165) is 31.7 Å². The molecule has 0 unspecified atom stereocenters. The highest BCUT2D eigenvalue weighted by atomic mass is 35.5. The van der Waals surface area contributed by atoms with Gasteiger partial charge in [0.2, 0.25) is 5.91 Å². The Bertz CT molecular complexity index is 732. The third kappa shape index (κ3) is 4.78. The molecule has 150 valence electrons. The largest absolute Gasteiger partial charge is 0.467 e. The van der Waals surface area contributed by atoms with Crippen LogP contribution in [0.15, 0.2) is 16.9 Å². The average molecular weight is 400 g/mol. The first kappa shape index (κ1) is 21.2. The lowest BCUT2D eigenvalue weighted by molar-refractivity contribution is -0.155. The van der Waals surface area contributed by atoms with Gasteiger partial charge in [-0.1, -0.05) is 0 Å². The second kappa shape index (κ2) is 9.18. The Hall–Kier alpha value is -2.13. The molecule has 2 fully saturated rings. The first-order valence-corrected chi connectivity index (χ1v) is 8.87. The lowest BCUT2D eigenvalue weighted by Gasteiger charge is -2.39. The van der Waals surface area contributed by atoms with Crippen LogP contribution in [0.2, 0.25) is 0 Å². The van der Waals surface area contributed by atoms with E-state index in [-0.39, 0.29) is 36.4 Å². The molecule has 1 N–H and O–H groups in total. The smallest absolute Gasteiger partial charge is 0.329 e. The van der Waals surface area contributed by atoms with Crippen molar-refractivity contribution in [2.75, 3.05) is 44.7 Å². The van der Waals surface area contributed by atoms with E-state index in [1.807, 2.05) is 0 Å². The second-order valence-corrected chi connectivity index (χ2v) is 6.80. The van der Waals surface area contributed by atoms with Gasteiger partial charge in [0.05, 0.1) is 13.7 Å². The van der Waals surface area contributed by atoms with Crippen molar-refractivity contribution in [3.8, 4) is 0 Å². The number of piperazine rings is 1. The van der Waals surface area contributed by atoms with Crippen LogP contribution in [-0.4, -0.2) is 72.4 Å². The third-order valence-electron chi connectivity index (χ3n) is 5.12. The monoisotopic (exact) mass is 399 g/mol. The van der Waals surface area contributed by atoms with Gasteiger partial charge in [0, 0.05) is 39.3 Å². The van der Waals surface area contributed by atoms with Gasteiger partial charge in [-0.15, -0.1) is 12.4 Å². The predicted octanol–water partition coefficient (Wildman–Crippen LogP) is -0.608. The van der Waals surface area contributed by atoms with E-state index in [4.69, 9.17) is 4.74 Å². The minimum Gasteiger partial charge on any atom is -0.467 e. The highest BCUT2D eigenvalue weighted by molar-refractivity contribution is 5.87. The number of rotatable bonds is 4. The highest BCUT2D eigenvalue weighted by Gasteiger charge is 2.35. The molecule has 1 amide bonds. The van der Waals surface area contributed by atoms with Crippen molar-refractivity contribution in [1.82, 2.24) is 20.0 Å². The normalized spacial score (nSPS) is 21.0. The Balaban J connectivity index is 0.00000261. The van der Waals surface area contributed by atoms with E-state index in [1.54, 1.807) is 18.0 Å². The molecule has 2 saturated heterocycles. The van der Waals surface area contributed by atoms with Crippen LogP contribution in [0, 0.1) is 5.92 Å². The maximum Gasteiger partial charge on any atom is 0.329 e. The molecule has 0 radical (unpaired) electrons. The molecular formula is C17H26ClN5O4. The van der Waals surface area contributed by atoms with Gasteiger partial charge in [-0.3, -0.25) is 9.59 Å². The molecular weight excluding hydrogens is 374 g/mol. The Kier molecular flexibility index (Phi) is 7.20. The fraction of sp³-hybridized carbons (Fsp3) is 0.647. The summed E-state index contributed by atoms with van der Waals surface area (Å²) in [5.74, 6) is 0.676. The molecule has 3 heterocycles. The van der Waals surface area contributed by atoms with Crippen LogP contribution in [-0.2, 0) is 21.4 Å². The minimum absolute atomic E-state index is 0. The van der Waals surface area contributed by atoms with Crippen molar-refractivity contribution >= 4 is 30.1 Å². The third-order valence-corrected chi connectivity index (χ3v) is 5.12.